The Morgan fingerprint density at radius 2 is 1.83 bits per heavy atom. The molecule has 2 N–H and O–H groups in total. The Morgan fingerprint density at radius 1 is 1.12 bits per heavy atom. The van der Waals surface area contributed by atoms with Gasteiger partial charge >= 0.3 is 0 Å². The fourth-order valence-corrected chi connectivity index (χ4v) is 2.71. The first-order chi connectivity index (χ1) is 11.3. The van der Waals surface area contributed by atoms with Gasteiger partial charge in [0.05, 0.1) is 0 Å². The number of nitrogens with one attached hydrogen (secondary N) is 2. The molecular weight excluding hydrogens is 413 g/mol. The van der Waals surface area contributed by atoms with E-state index in [2.05, 4.69) is 52.9 Å². The van der Waals surface area contributed by atoms with Gasteiger partial charge in [0.2, 0.25) is 0 Å². The highest BCUT2D eigenvalue weighted by Gasteiger charge is 2.43. The van der Waals surface area contributed by atoms with Gasteiger partial charge in [-0.1, -0.05) is 43.7 Å². The van der Waals surface area contributed by atoms with E-state index in [1.54, 1.807) is 0 Å². The van der Waals surface area contributed by atoms with Crippen molar-refractivity contribution in [3.8, 4) is 0 Å². The molecule has 5 heteroatoms. The largest absolute Gasteiger partial charge is 0.381 e. The van der Waals surface area contributed by atoms with Crippen LogP contribution < -0.4 is 10.6 Å². The van der Waals surface area contributed by atoms with Gasteiger partial charge in [0.15, 0.2) is 5.96 Å². The molecule has 0 spiro atoms. The second kappa shape index (κ2) is 11.7. The average Bonchev–Trinajstić information content (AvgIpc) is 3.39. The Labute approximate surface area is 163 Å². The average molecular weight is 445 g/mol. The van der Waals surface area contributed by atoms with Gasteiger partial charge in [-0.05, 0) is 31.2 Å². The van der Waals surface area contributed by atoms with Gasteiger partial charge in [0, 0.05) is 38.8 Å². The summed E-state index contributed by atoms with van der Waals surface area (Å²) in [6.07, 6.45) is 5.86. The Morgan fingerprint density at radius 3 is 2.46 bits per heavy atom. The zero-order valence-corrected chi connectivity index (χ0v) is 17.3. The van der Waals surface area contributed by atoms with Crippen molar-refractivity contribution < 1.29 is 4.74 Å². The third kappa shape index (κ3) is 6.97. The lowest BCUT2D eigenvalue weighted by molar-refractivity contribution is 0.129. The first-order valence-electron chi connectivity index (χ1n) is 8.88. The summed E-state index contributed by atoms with van der Waals surface area (Å²) in [6, 6.07) is 10.8. The van der Waals surface area contributed by atoms with Gasteiger partial charge in [0.25, 0.3) is 0 Å². The van der Waals surface area contributed by atoms with Crippen molar-refractivity contribution in [1.29, 1.82) is 0 Å². The fraction of sp³-hybridized carbons (Fsp3) is 0.632. The van der Waals surface area contributed by atoms with Gasteiger partial charge in [0.1, 0.15) is 0 Å². The third-order valence-electron chi connectivity index (χ3n) is 4.46. The van der Waals surface area contributed by atoms with Crippen LogP contribution in [0.5, 0.6) is 0 Å². The van der Waals surface area contributed by atoms with Crippen LogP contribution in [0.2, 0.25) is 0 Å². The molecule has 0 aliphatic heterocycles. The van der Waals surface area contributed by atoms with E-state index in [1.807, 2.05) is 7.05 Å². The molecule has 0 aromatic heterocycles. The van der Waals surface area contributed by atoms with Crippen LogP contribution in [-0.2, 0) is 10.2 Å². The second-order valence-corrected chi connectivity index (χ2v) is 6.32. The van der Waals surface area contributed by atoms with E-state index >= 15 is 0 Å². The molecule has 1 aliphatic rings. The SMILES string of the molecule is CCCCOCCCNC(=NC)NCC1(c2ccccc2)CC1.I. The zero-order valence-electron chi connectivity index (χ0n) is 15.0. The van der Waals surface area contributed by atoms with Gasteiger partial charge in [-0.2, -0.15) is 0 Å². The molecule has 0 atom stereocenters. The molecule has 1 saturated carbocycles. The number of benzene rings is 1. The molecule has 2 rings (SSSR count). The van der Waals surface area contributed by atoms with Crippen LogP contribution >= 0.6 is 24.0 Å². The normalized spacial score (nSPS) is 15.5. The number of halogens is 1. The summed E-state index contributed by atoms with van der Waals surface area (Å²) in [5, 5.41) is 6.85. The minimum atomic E-state index is 0. The first-order valence-corrected chi connectivity index (χ1v) is 8.88. The molecule has 0 amide bonds. The Balaban J connectivity index is 0.00000288. The van der Waals surface area contributed by atoms with Crippen molar-refractivity contribution in [3.63, 3.8) is 0 Å². The third-order valence-corrected chi connectivity index (χ3v) is 4.46. The molecule has 0 heterocycles. The topological polar surface area (TPSA) is 45.6 Å². The minimum absolute atomic E-state index is 0. The molecule has 0 radical (unpaired) electrons. The number of aliphatic imine (C=N–C) groups is 1. The highest BCUT2D eigenvalue weighted by Crippen LogP contribution is 2.47. The molecule has 1 aromatic rings. The van der Waals surface area contributed by atoms with Crippen LogP contribution in [0.15, 0.2) is 35.3 Å². The molecular formula is C19H32IN3O. The number of unbranched alkanes of at least 4 members (excludes halogenated alkanes) is 1. The molecule has 0 unspecified atom stereocenters. The van der Waals surface area contributed by atoms with Crippen molar-refractivity contribution >= 4 is 29.9 Å². The predicted octanol–water partition coefficient (Wildman–Crippen LogP) is 3.71. The smallest absolute Gasteiger partial charge is 0.191 e. The molecule has 0 saturated heterocycles. The van der Waals surface area contributed by atoms with Crippen LogP contribution in [0.3, 0.4) is 0 Å². The molecule has 4 nitrogen and oxygen atoms in total. The van der Waals surface area contributed by atoms with Crippen LogP contribution in [-0.4, -0.2) is 39.3 Å². The quantitative estimate of drug-likeness (QED) is 0.250. The van der Waals surface area contributed by atoms with Gasteiger partial charge in [-0.25, -0.2) is 0 Å². The lowest BCUT2D eigenvalue weighted by Gasteiger charge is -2.19. The fourth-order valence-electron chi connectivity index (χ4n) is 2.71. The number of hydrogen-bond donors (Lipinski definition) is 2. The van der Waals surface area contributed by atoms with Crippen molar-refractivity contribution in [1.82, 2.24) is 10.6 Å². The summed E-state index contributed by atoms with van der Waals surface area (Å²) in [4.78, 5) is 4.31. The maximum atomic E-state index is 5.57. The van der Waals surface area contributed by atoms with E-state index < -0.39 is 0 Å². The molecule has 1 fully saturated rings. The van der Waals surface area contributed by atoms with E-state index in [0.29, 0.717) is 5.41 Å². The van der Waals surface area contributed by atoms with E-state index in [9.17, 15) is 0 Å². The lowest BCUT2D eigenvalue weighted by Crippen LogP contribution is -2.41. The highest BCUT2D eigenvalue weighted by molar-refractivity contribution is 14.0. The zero-order chi connectivity index (χ0) is 16.4. The predicted molar refractivity (Wildman–Crippen MR) is 112 cm³/mol. The van der Waals surface area contributed by atoms with Crippen molar-refractivity contribution in [3.05, 3.63) is 35.9 Å². The van der Waals surface area contributed by atoms with Gasteiger partial charge in [-0.3, -0.25) is 4.99 Å². The van der Waals surface area contributed by atoms with Crippen molar-refractivity contribution in [2.45, 2.75) is 44.4 Å². The molecule has 1 aromatic carbocycles. The van der Waals surface area contributed by atoms with Crippen LogP contribution in [0, 0.1) is 0 Å². The van der Waals surface area contributed by atoms with Gasteiger partial charge < -0.3 is 15.4 Å². The Hall–Kier alpha value is -0.820. The Bertz CT molecular complexity index is 475. The maximum absolute atomic E-state index is 5.57. The molecule has 136 valence electrons. The van der Waals surface area contributed by atoms with E-state index in [0.717, 1.165) is 45.1 Å². The monoisotopic (exact) mass is 445 g/mol. The van der Waals surface area contributed by atoms with Crippen LogP contribution in [0.4, 0.5) is 0 Å². The van der Waals surface area contributed by atoms with Gasteiger partial charge in [-0.15, -0.1) is 24.0 Å². The maximum Gasteiger partial charge on any atom is 0.191 e. The number of nitrogens with zero attached hydrogens (tertiary/aromatic N) is 1. The number of hydrogen-bond acceptors (Lipinski definition) is 2. The van der Waals surface area contributed by atoms with Crippen molar-refractivity contribution in [2.75, 3.05) is 33.4 Å². The lowest BCUT2D eigenvalue weighted by atomic mass is 9.96. The number of guanidine groups is 1. The number of rotatable bonds is 10. The van der Waals surface area contributed by atoms with Crippen LogP contribution in [0.25, 0.3) is 0 Å². The van der Waals surface area contributed by atoms with E-state index in [1.165, 1.54) is 24.8 Å². The summed E-state index contributed by atoms with van der Waals surface area (Å²) in [7, 11) is 1.83. The van der Waals surface area contributed by atoms with E-state index in [4.69, 9.17) is 4.74 Å². The highest BCUT2D eigenvalue weighted by atomic mass is 127. The Kier molecular flexibility index (Phi) is 10.3. The second-order valence-electron chi connectivity index (χ2n) is 6.32. The first kappa shape index (κ1) is 21.2. The summed E-state index contributed by atoms with van der Waals surface area (Å²) in [5.41, 5.74) is 1.74. The molecule has 0 bridgehead atoms. The summed E-state index contributed by atoms with van der Waals surface area (Å²) in [6.45, 7) is 5.72. The summed E-state index contributed by atoms with van der Waals surface area (Å²) >= 11 is 0. The summed E-state index contributed by atoms with van der Waals surface area (Å²) in [5.74, 6) is 0.890. The van der Waals surface area contributed by atoms with Crippen molar-refractivity contribution in [2.24, 2.45) is 4.99 Å². The van der Waals surface area contributed by atoms with Crippen LogP contribution in [0.1, 0.15) is 44.6 Å². The molecule has 24 heavy (non-hydrogen) atoms. The summed E-state index contributed by atoms with van der Waals surface area (Å²) < 4.78 is 5.57. The minimum Gasteiger partial charge on any atom is -0.381 e. The molecule has 1 aliphatic carbocycles. The number of ether oxygens (including phenoxy) is 1. The standard InChI is InChI=1S/C19H31N3O.HI/c1-3-4-14-23-15-8-13-21-18(20-2)22-16-19(11-12-19)17-9-6-5-7-10-17;/h5-7,9-10H,3-4,8,11-16H2,1-2H3,(H2,20,21,22);1H. The van der Waals surface area contributed by atoms with E-state index in [-0.39, 0.29) is 24.0 Å².